The van der Waals surface area contributed by atoms with Gasteiger partial charge in [-0.1, -0.05) is 25.5 Å². The Balaban J connectivity index is 1.69. The van der Waals surface area contributed by atoms with E-state index in [4.69, 9.17) is 5.73 Å². The van der Waals surface area contributed by atoms with Crippen molar-refractivity contribution in [2.75, 3.05) is 5.73 Å². The summed E-state index contributed by atoms with van der Waals surface area (Å²) in [5.41, 5.74) is 7.59. The van der Waals surface area contributed by atoms with Crippen LogP contribution in [0.25, 0.3) is 0 Å². The first-order valence-electron chi connectivity index (χ1n) is 7.81. The summed E-state index contributed by atoms with van der Waals surface area (Å²) in [4.78, 5) is 12.0. The standard InChI is InChI=1S/C17H26N2O/c1-2-13-5-10-16(11-6-13)19-17(20)12-7-14-3-8-15(18)9-4-14/h3-4,8-9,13,16H,2,5-7,10-12,18H2,1H3,(H,19,20). The molecule has 3 nitrogen and oxygen atoms in total. The number of aryl methyl sites for hydroxylation is 1. The van der Waals surface area contributed by atoms with Gasteiger partial charge in [0.2, 0.25) is 5.91 Å². The summed E-state index contributed by atoms with van der Waals surface area (Å²) in [6.07, 6.45) is 7.45. The van der Waals surface area contributed by atoms with Gasteiger partial charge in [-0.15, -0.1) is 0 Å². The van der Waals surface area contributed by atoms with Crippen LogP contribution in [0.2, 0.25) is 0 Å². The number of benzene rings is 1. The summed E-state index contributed by atoms with van der Waals surface area (Å²) < 4.78 is 0. The third kappa shape index (κ3) is 4.55. The highest BCUT2D eigenvalue weighted by molar-refractivity contribution is 5.76. The van der Waals surface area contributed by atoms with Crippen molar-refractivity contribution in [1.29, 1.82) is 0 Å². The van der Waals surface area contributed by atoms with Gasteiger partial charge in [-0.3, -0.25) is 4.79 Å². The predicted octanol–water partition coefficient (Wildman–Crippen LogP) is 3.29. The Morgan fingerprint density at radius 1 is 1.20 bits per heavy atom. The van der Waals surface area contributed by atoms with E-state index in [0.29, 0.717) is 12.5 Å². The fraction of sp³-hybridized carbons (Fsp3) is 0.588. The second kappa shape index (κ2) is 7.32. The Bertz CT molecular complexity index is 419. The van der Waals surface area contributed by atoms with Gasteiger partial charge in [-0.25, -0.2) is 0 Å². The minimum absolute atomic E-state index is 0.182. The fourth-order valence-corrected chi connectivity index (χ4v) is 2.96. The molecule has 110 valence electrons. The Morgan fingerprint density at radius 3 is 2.45 bits per heavy atom. The third-order valence-corrected chi connectivity index (χ3v) is 4.41. The zero-order valence-corrected chi connectivity index (χ0v) is 12.4. The van der Waals surface area contributed by atoms with E-state index in [2.05, 4.69) is 12.2 Å². The summed E-state index contributed by atoms with van der Waals surface area (Å²) in [5, 5.41) is 3.18. The van der Waals surface area contributed by atoms with Crippen LogP contribution in [0.15, 0.2) is 24.3 Å². The molecule has 1 aromatic carbocycles. The molecular formula is C17H26N2O. The molecule has 1 aliphatic carbocycles. The lowest BCUT2D eigenvalue weighted by Crippen LogP contribution is -2.37. The highest BCUT2D eigenvalue weighted by Crippen LogP contribution is 2.26. The van der Waals surface area contributed by atoms with Crippen LogP contribution >= 0.6 is 0 Å². The molecule has 1 aliphatic rings. The summed E-state index contributed by atoms with van der Waals surface area (Å²) in [6.45, 7) is 2.26. The second-order valence-corrected chi connectivity index (χ2v) is 5.93. The van der Waals surface area contributed by atoms with E-state index in [0.717, 1.165) is 30.9 Å². The molecule has 0 unspecified atom stereocenters. The van der Waals surface area contributed by atoms with E-state index in [1.165, 1.54) is 24.8 Å². The van der Waals surface area contributed by atoms with E-state index in [1.807, 2.05) is 24.3 Å². The van der Waals surface area contributed by atoms with Gasteiger partial charge in [-0.2, -0.15) is 0 Å². The molecule has 0 aromatic heterocycles. The fourth-order valence-electron chi connectivity index (χ4n) is 2.96. The van der Waals surface area contributed by atoms with E-state index in [-0.39, 0.29) is 5.91 Å². The maximum atomic E-state index is 12.0. The Labute approximate surface area is 121 Å². The summed E-state index contributed by atoms with van der Waals surface area (Å²) >= 11 is 0. The largest absolute Gasteiger partial charge is 0.399 e. The van der Waals surface area contributed by atoms with E-state index >= 15 is 0 Å². The summed E-state index contributed by atoms with van der Waals surface area (Å²) in [6, 6.07) is 8.17. The molecule has 20 heavy (non-hydrogen) atoms. The van der Waals surface area contributed by atoms with Crippen LogP contribution in [0.1, 0.15) is 51.0 Å². The number of nitrogens with two attached hydrogens (primary N) is 1. The Morgan fingerprint density at radius 2 is 1.85 bits per heavy atom. The smallest absolute Gasteiger partial charge is 0.220 e. The minimum Gasteiger partial charge on any atom is -0.399 e. The van der Waals surface area contributed by atoms with Crippen LogP contribution in [0.5, 0.6) is 0 Å². The number of nitrogens with one attached hydrogen (secondary N) is 1. The molecule has 0 saturated heterocycles. The Hall–Kier alpha value is -1.51. The van der Waals surface area contributed by atoms with Crippen molar-refractivity contribution in [3.05, 3.63) is 29.8 Å². The molecule has 3 heteroatoms. The van der Waals surface area contributed by atoms with Crippen LogP contribution < -0.4 is 11.1 Å². The summed E-state index contributed by atoms with van der Waals surface area (Å²) in [7, 11) is 0. The van der Waals surface area contributed by atoms with Gasteiger partial charge in [0.25, 0.3) is 0 Å². The van der Waals surface area contributed by atoms with Gasteiger partial charge < -0.3 is 11.1 Å². The van der Waals surface area contributed by atoms with Gasteiger partial charge in [0.15, 0.2) is 0 Å². The van der Waals surface area contributed by atoms with Gasteiger partial charge >= 0.3 is 0 Å². The molecule has 1 aromatic rings. The van der Waals surface area contributed by atoms with Crippen molar-refractivity contribution in [2.45, 2.75) is 57.9 Å². The van der Waals surface area contributed by atoms with Gasteiger partial charge in [-0.05, 0) is 55.7 Å². The molecule has 2 rings (SSSR count). The van der Waals surface area contributed by atoms with Gasteiger partial charge in [0, 0.05) is 18.2 Å². The van der Waals surface area contributed by atoms with Crippen LogP contribution in [0.3, 0.4) is 0 Å². The monoisotopic (exact) mass is 274 g/mol. The van der Waals surface area contributed by atoms with Crippen molar-refractivity contribution in [1.82, 2.24) is 5.32 Å². The maximum absolute atomic E-state index is 12.0. The molecule has 1 amide bonds. The van der Waals surface area contributed by atoms with Gasteiger partial charge in [0.1, 0.15) is 0 Å². The number of hydrogen-bond donors (Lipinski definition) is 2. The SMILES string of the molecule is CCC1CCC(NC(=O)CCc2ccc(N)cc2)CC1. The van der Waals surface area contributed by atoms with Crippen molar-refractivity contribution in [3.8, 4) is 0 Å². The average Bonchev–Trinajstić information content (AvgIpc) is 2.47. The predicted molar refractivity (Wildman–Crippen MR) is 83.4 cm³/mol. The lowest BCUT2D eigenvalue weighted by atomic mass is 9.84. The van der Waals surface area contributed by atoms with E-state index < -0.39 is 0 Å². The molecule has 0 spiro atoms. The third-order valence-electron chi connectivity index (χ3n) is 4.41. The number of carbonyl (C=O) groups is 1. The lowest BCUT2D eigenvalue weighted by Gasteiger charge is -2.28. The zero-order chi connectivity index (χ0) is 14.4. The van der Waals surface area contributed by atoms with Crippen LogP contribution in [0.4, 0.5) is 5.69 Å². The normalized spacial score (nSPS) is 22.4. The van der Waals surface area contributed by atoms with Crippen LogP contribution in [-0.2, 0) is 11.2 Å². The number of carbonyl (C=O) groups excluding carboxylic acids is 1. The van der Waals surface area contributed by atoms with Gasteiger partial charge in [0.05, 0.1) is 0 Å². The zero-order valence-electron chi connectivity index (χ0n) is 12.4. The molecule has 0 bridgehead atoms. The molecule has 1 saturated carbocycles. The molecule has 0 atom stereocenters. The second-order valence-electron chi connectivity index (χ2n) is 5.93. The first kappa shape index (κ1) is 14.9. The lowest BCUT2D eigenvalue weighted by molar-refractivity contribution is -0.122. The molecule has 0 heterocycles. The highest BCUT2D eigenvalue weighted by Gasteiger charge is 2.20. The maximum Gasteiger partial charge on any atom is 0.220 e. The number of anilines is 1. The Kier molecular flexibility index (Phi) is 5.45. The van der Waals surface area contributed by atoms with E-state index in [1.54, 1.807) is 0 Å². The highest BCUT2D eigenvalue weighted by atomic mass is 16.1. The number of rotatable bonds is 5. The van der Waals surface area contributed by atoms with Crippen molar-refractivity contribution in [2.24, 2.45) is 5.92 Å². The number of nitrogen functional groups attached to an aromatic ring is 1. The average molecular weight is 274 g/mol. The summed E-state index contributed by atoms with van der Waals surface area (Å²) in [5.74, 6) is 1.06. The minimum atomic E-state index is 0.182. The molecule has 1 fully saturated rings. The first-order valence-corrected chi connectivity index (χ1v) is 7.81. The quantitative estimate of drug-likeness (QED) is 0.810. The van der Waals surface area contributed by atoms with Crippen molar-refractivity contribution >= 4 is 11.6 Å². The first-order chi connectivity index (χ1) is 9.67. The number of amides is 1. The van der Waals surface area contributed by atoms with Crippen LogP contribution in [0, 0.1) is 5.92 Å². The number of hydrogen-bond acceptors (Lipinski definition) is 2. The molecule has 0 aliphatic heterocycles. The van der Waals surface area contributed by atoms with Crippen molar-refractivity contribution < 1.29 is 4.79 Å². The molecular weight excluding hydrogens is 248 g/mol. The van der Waals surface area contributed by atoms with Crippen molar-refractivity contribution in [3.63, 3.8) is 0 Å². The topological polar surface area (TPSA) is 55.1 Å². The van der Waals surface area contributed by atoms with Crippen LogP contribution in [-0.4, -0.2) is 11.9 Å². The molecule has 3 N–H and O–H groups in total. The van der Waals surface area contributed by atoms with E-state index in [9.17, 15) is 4.79 Å². The molecule has 0 radical (unpaired) electrons.